The molecule has 0 aromatic carbocycles. The molecule has 1 heterocycles. The van der Waals surface area contributed by atoms with Crippen LogP contribution in [0.2, 0.25) is 0 Å². The molecule has 5 heteroatoms. The van der Waals surface area contributed by atoms with E-state index in [2.05, 4.69) is 23.9 Å². The molecule has 2 atom stereocenters. The van der Waals surface area contributed by atoms with Crippen molar-refractivity contribution < 1.29 is 8.42 Å². The quantitative estimate of drug-likeness (QED) is 0.771. The third-order valence-corrected chi connectivity index (χ3v) is 5.79. The van der Waals surface area contributed by atoms with Gasteiger partial charge in [-0.2, -0.15) is 0 Å². The maximum atomic E-state index is 11.9. The zero-order chi connectivity index (χ0) is 13.2. The summed E-state index contributed by atoms with van der Waals surface area (Å²) in [6, 6.07) is 0.396. The molecule has 0 aromatic rings. The number of piperidine rings is 1. The second-order valence-electron chi connectivity index (χ2n) is 6.49. The van der Waals surface area contributed by atoms with Crippen molar-refractivity contribution in [1.29, 1.82) is 0 Å². The van der Waals surface area contributed by atoms with E-state index in [0.29, 0.717) is 23.9 Å². The molecule has 18 heavy (non-hydrogen) atoms. The van der Waals surface area contributed by atoms with Gasteiger partial charge in [-0.3, -0.25) is 0 Å². The second-order valence-corrected chi connectivity index (χ2v) is 8.42. The lowest BCUT2D eigenvalue weighted by Crippen LogP contribution is -2.37. The topological polar surface area (TPSA) is 58.2 Å². The minimum Gasteiger partial charge on any atom is -0.314 e. The molecule has 2 N–H and O–H groups in total. The molecule has 106 valence electrons. The van der Waals surface area contributed by atoms with E-state index in [0.717, 1.165) is 25.8 Å². The standard InChI is InChI=1S/C13H26N2O2S/c1-13(2)9-11(13)10-15-18(16,17)8-6-12-5-3-4-7-14-12/h11-12,14-15H,3-10H2,1-2H3. The summed E-state index contributed by atoms with van der Waals surface area (Å²) in [7, 11) is -3.08. The van der Waals surface area contributed by atoms with Crippen molar-refractivity contribution in [3.05, 3.63) is 0 Å². The van der Waals surface area contributed by atoms with Crippen LogP contribution in [-0.4, -0.2) is 33.3 Å². The molecule has 0 bridgehead atoms. The summed E-state index contributed by atoms with van der Waals surface area (Å²) in [5, 5.41) is 3.39. The Morgan fingerprint density at radius 2 is 2.06 bits per heavy atom. The Balaban J connectivity index is 1.67. The van der Waals surface area contributed by atoms with E-state index < -0.39 is 10.0 Å². The number of hydrogen-bond donors (Lipinski definition) is 2. The van der Waals surface area contributed by atoms with Crippen molar-refractivity contribution in [1.82, 2.24) is 10.0 Å². The average molecular weight is 274 g/mol. The zero-order valence-electron chi connectivity index (χ0n) is 11.5. The first-order valence-corrected chi connectivity index (χ1v) is 8.75. The van der Waals surface area contributed by atoms with Crippen molar-refractivity contribution in [2.24, 2.45) is 11.3 Å². The molecule has 2 aliphatic rings. The molecule has 0 radical (unpaired) electrons. The molecule has 2 fully saturated rings. The predicted octanol–water partition coefficient (Wildman–Crippen LogP) is 1.48. The first-order chi connectivity index (χ1) is 8.39. The summed E-state index contributed by atoms with van der Waals surface area (Å²) >= 11 is 0. The normalized spacial score (nSPS) is 31.2. The smallest absolute Gasteiger partial charge is 0.211 e. The molecule has 2 rings (SSSR count). The first-order valence-electron chi connectivity index (χ1n) is 7.10. The van der Waals surface area contributed by atoms with Gasteiger partial charge >= 0.3 is 0 Å². The molecule has 1 saturated heterocycles. The summed E-state index contributed by atoms with van der Waals surface area (Å²) < 4.78 is 26.5. The third kappa shape index (κ3) is 4.21. The van der Waals surface area contributed by atoms with Gasteiger partial charge in [0.15, 0.2) is 0 Å². The van der Waals surface area contributed by atoms with Crippen molar-refractivity contribution in [3.8, 4) is 0 Å². The van der Waals surface area contributed by atoms with Gasteiger partial charge < -0.3 is 5.32 Å². The molecule has 0 amide bonds. The van der Waals surface area contributed by atoms with Crippen molar-refractivity contribution in [3.63, 3.8) is 0 Å². The highest BCUT2D eigenvalue weighted by Gasteiger charge is 2.45. The molecular weight excluding hydrogens is 248 g/mol. The number of nitrogens with one attached hydrogen (secondary N) is 2. The molecule has 4 nitrogen and oxygen atoms in total. The third-order valence-electron chi connectivity index (χ3n) is 4.41. The lowest BCUT2D eigenvalue weighted by Gasteiger charge is -2.23. The van der Waals surface area contributed by atoms with Gasteiger partial charge in [0.2, 0.25) is 10.0 Å². The van der Waals surface area contributed by atoms with Gasteiger partial charge in [0, 0.05) is 12.6 Å². The fourth-order valence-corrected chi connectivity index (χ4v) is 3.89. The monoisotopic (exact) mass is 274 g/mol. The van der Waals surface area contributed by atoms with E-state index in [-0.39, 0.29) is 5.75 Å². The Morgan fingerprint density at radius 1 is 1.33 bits per heavy atom. The number of sulfonamides is 1. The fraction of sp³-hybridized carbons (Fsp3) is 1.00. The van der Waals surface area contributed by atoms with Crippen LogP contribution in [0.3, 0.4) is 0 Å². The van der Waals surface area contributed by atoms with Crippen LogP contribution in [0, 0.1) is 11.3 Å². The van der Waals surface area contributed by atoms with Gasteiger partial charge in [-0.15, -0.1) is 0 Å². The van der Waals surface area contributed by atoms with Gasteiger partial charge in [-0.25, -0.2) is 13.1 Å². The highest BCUT2D eigenvalue weighted by atomic mass is 32.2. The average Bonchev–Trinajstić information content (AvgIpc) is 2.94. The first kappa shape index (κ1) is 14.3. The molecule has 1 aliphatic carbocycles. The summed E-state index contributed by atoms with van der Waals surface area (Å²) in [5.41, 5.74) is 0.341. The highest BCUT2D eigenvalue weighted by molar-refractivity contribution is 7.89. The van der Waals surface area contributed by atoms with E-state index in [4.69, 9.17) is 0 Å². The maximum absolute atomic E-state index is 11.9. The largest absolute Gasteiger partial charge is 0.314 e. The minimum absolute atomic E-state index is 0.262. The Kier molecular flexibility index (Phi) is 4.34. The number of hydrogen-bond acceptors (Lipinski definition) is 3. The van der Waals surface area contributed by atoms with E-state index in [1.54, 1.807) is 0 Å². The Morgan fingerprint density at radius 3 is 2.61 bits per heavy atom. The molecular formula is C13H26N2O2S. The second kappa shape index (κ2) is 5.47. The predicted molar refractivity (Wildman–Crippen MR) is 73.9 cm³/mol. The molecule has 0 spiro atoms. The lowest BCUT2D eigenvalue weighted by atomic mass is 10.0. The summed E-state index contributed by atoms with van der Waals surface area (Å²) in [4.78, 5) is 0. The Bertz CT molecular complexity index is 372. The molecule has 1 saturated carbocycles. The van der Waals surface area contributed by atoms with Crippen LogP contribution in [0.15, 0.2) is 0 Å². The van der Waals surface area contributed by atoms with Gasteiger partial charge in [0.05, 0.1) is 5.75 Å². The maximum Gasteiger partial charge on any atom is 0.211 e. The van der Waals surface area contributed by atoms with Crippen molar-refractivity contribution >= 4 is 10.0 Å². The van der Waals surface area contributed by atoms with Crippen LogP contribution in [-0.2, 0) is 10.0 Å². The van der Waals surface area contributed by atoms with Crippen LogP contribution in [0.1, 0.15) is 46.0 Å². The summed E-state index contributed by atoms with van der Waals surface area (Å²) in [6.45, 7) is 6.04. The van der Waals surface area contributed by atoms with E-state index in [1.165, 1.54) is 12.8 Å². The fourth-order valence-electron chi connectivity index (χ4n) is 2.69. The van der Waals surface area contributed by atoms with Gasteiger partial charge in [0.25, 0.3) is 0 Å². The van der Waals surface area contributed by atoms with Crippen molar-refractivity contribution in [2.45, 2.75) is 52.0 Å². The van der Waals surface area contributed by atoms with Gasteiger partial charge in [-0.1, -0.05) is 20.3 Å². The minimum atomic E-state index is -3.08. The highest BCUT2D eigenvalue weighted by Crippen LogP contribution is 2.51. The van der Waals surface area contributed by atoms with Crippen LogP contribution in [0.4, 0.5) is 0 Å². The van der Waals surface area contributed by atoms with E-state index >= 15 is 0 Å². The molecule has 2 unspecified atom stereocenters. The molecule has 1 aliphatic heterocycles. The summed E-state index contributed by atoms with van der Waals surface area (Å²) in [5.74, 6) is 0.790. The SMILES string of the molecule is CC1(C)CC1CNS(=O)(=O)CCC1CCCCN1. The van der Waals surface area contributed by atoms with E-state index in [9.17, 15) is 8.42 Å². The Labute approximate surface area is 111 Å². The summed E-state index contributed by atoms with van der Waals surface area (Å²) in [6.07, 6.45) is 5.44. The Hall–Kier alpha value is -0.130. The van der Waals surface area contributed by atoms with Crippen LogP contribution >= 0.6 is 0 Å². The van der Waals surface area contributed by atoms with Crippen LogP contribution in [0.25, 0.3) is 0 Å². The van der Waals surface area contributed by atoms with Gasteiger partial charge in [0.1, 0.15) is 0 Å². The van der Waals surface area contributed by atoms with E-state index in [1.807, 2.05) is 0 Å². The zero-order valence-corrected chi connectivity index (χ0v) is 12.4. The lowest BCUT2D eigenvalue weighted by molar-refractivity contribution is 0.392. The van der Waals surface area contributed by atoms with Gasteiger partial charge in [-0.05, 0) is 43.6 Å². The van der Waals surface area contributed by atoms with Crippen LogP contribution < -0.4 is 10.0 Å². The van der Waals surface area contributed by atoms with Crippen LogP contribution in [0.5, 0.6) is 0 Å². The van der Waals surface area contributed by atoms with Crippen molar-refractivity contribution in [2.75, 3.05) is 18.8 Å². The number of rotatable bonds is 6. The molecule has 0 aromatic heterocycles.